The smallest absolute Gasteiger partial charge is 0.342 e. The number of unbranched alkanes of at least 4 members (excludes halogenated alkanes) is 16. The Bertz CT molecular complexity index is 393. The Balaban J connectivity index is 3.09. The number of nitrogens with one attached hydrogen (secondary N) is 1. The van der Waals surface area contributed by atoms with E-state index < -0.39 is 5.97 Å². The normalized spacial score (nSPS) is 10.8. The number of rotatable bonds is 20. The zero-order valence-electron chi connectivity index (χ0n) is 18.8. The molecule has 0 aromatic rings. The van der Waals surface area contributed by atoms with Crippen LogP contribution in [0.4, 0.5) is 0 Å². The number of hydrogen-bond acceptors (Lipinski definition) is 1. The molecule has 0 aromatic carbocycles. The first-order valence-electron chi connectivity index (χ1n) is 11.8. The number of carboxylic acid groups (broad SMARTS) is 1. The van der Waals surface area contributed by atoms with Gasteiger partial charge in [0.15, 0.2) is 0 Å². The summed E-state index contributed by atoms with van der Waals surface area (Å²) in [6.07, 6.45) is 22.4. The fraction of sp³-hybridized carbons (Fsp3) is 0.913. The fourth-order valence-electron chi connectivity index (χ4n) is 3.43. The van der Waals surface area contributed by atoms with Crippen molar-refractivity contribution in [2.75, 3.05) is 20.6 Å². The Hall–Kier alpha value is -1.26. The zero-order valence-corrected chi connectivity index (χ0v) is 18.8. The number of guanidine groups is 1. The van der Waals surface area contributed by atoms with Gasteiger partial charge in [0.25, 0.3) is 0 Å². The number of aliphatic carboxylic acids is 1. The van der Waals surface area contributed by atoms with Crippen LogP contribution >= 0.6 is 0 Å². The van der Waals surface area contributed by atoms with Crippen LogP contribution in [0.5, 0.6) is 0 Å². The highest BCUT2D eigenvalue weighted by Gasteiger charge is 1.99. The minimum absolute atomic E-state index is 0.336. The molecule has 0 saturated heterocycles. The molecule has 0 heterocycles. The molecule has 0 aromatic heterocycles. The number of nitrogens with zero attached hydrogens (tertiary/aromatic N) is 1. The van der Waals surface area contributed by atoms with Crippen LogP contribution < -0.4 is 11.1 Å². The summed E-state index contributed by atoms with van der Waals surface area (Å²) in [6, 6.07) is 0. The summed E-state index contributed by atoms with van der Waals surface area (Å²) in [5.74, 6) is 0.0987. The van der Waals surface area contributed by atoms with Gasteiger partial charge in [-0.2, -0.15) is 0 Å². The second kappa shape index (κ2) is 20.5. The first-order valence-corrected chi connectivity index (χ1v) is 11.8. The minimum Gasteiger partial charge on any atom is -0.481 e. The van der Waals surface area contributed by atoms with E-state index in [2.05, 4.69) is 5.32 Å². The fourth-order valence-corrected chi connectivity index (χ4v) is 3.43. The molecule has 0 rings (SSSR count). The van der Waals surface area contributed by atoms with Crippen molar-refractivity contribution in [2.45, 2.75) is 116 Å². The quantitative estimate of drug-likeness (QED) is 0.113. The molecular weight excluding hydrogens is 350 g/mol. The number of carboxylic acids is 1. The lowest BCUT2D eigenvalue weighted by molar-refractivity contribution is -0.467. The van der Waals surface area contributed by atoms with Gasteiger partial charge in [0.2, 0.25) is 0 Å². The van der Waals surface area contributed by atoms with E-state index in [-0.39, 0.29) is 0 Å². The van der Waals surface area contributed by atoms with Gasteiger partial charge in [-0.05, 0) is 12.8 Å². The highest BCUT2D eigenvalue weighted by Crippen LogP contribution is 2.14. The lowest BCUT2D eigenvalue weighted by Gasteiger charge is -2.04. The zero-order chi connectivity index (χ0) is 20.9. The maximum atomic E-state index is 10.4. The van der Waals surface area contributed by atoms with E-state index in [4.69, 9.17) is 10.8 Å². The third kappa shape index (κ3) is 21.0. The van der Waals surface area contributed by atoms with E-state index in [0.717, 1.165) is 25.3 Å². The van der Waals surface area contributed by atoms with Crippen LogP contribution in [0.1, 0.15) is 116 Å². The third-order valence-corrected chi connectivity index (χ3v) is 5.36. The summed E-state index contributed by atoms with van der Waals surface area (Å²) in [5, 5.41) is 11.8. The Morgan fingerprint density at radius 3 is 1.32 bits per heavy atom. The molecule has 0 aliphatic rings. The Morgan fingerprint density at radius 1 is 0.679 bits per heavy atom. The highest BCUT2D eigenvalue weighted by molar-refractivity contribution is 5.72. The summed E-state index contributed by atoms with van der Waals surface area (Å²) in [6.45, 7) is 0.981. The molecule has 0 atom stereocenters. The van der Waals surface area contributed by atoms with Crippen molar-refractivity contribution < 1.29 is 14.5 Å². The lowest BCUT2D eigenvalue weighted by Crippen LogP contribution is -2.38. The van der Waals surface area contributed by atoms with E-state index in [9.17, 15) is 4.79 Å². The number of carbonyl (C=O) groups is 1. The van der Waals surface area contributed by atoms with E-state index in [1.165, 1.54) is 96.3 Å². The van der Waals surface area contributed by atoms with Gasteiger partial charge >= 0.3 is 11.9 Å². The Morgan fingerprint density at radius 2 is 1.00 bits per heavy atom. The SMILES string of the molecule is C[N+](C)=C(N)NCCCCCCCCCCCCCCCCCCCC(=O)O. The molecule has 5 heteroatoms. The molecular formula is C23H48N3O2+. The van der Waals surface area contributed by atoms with Crippen LogP contribution in [0.15, 0.2) is 0 Å². The molecule has 0 unspecified atom stereocenters. The van der Waals surface area contributed by atoms with Gasteiger partial charge < -0.3 is 5.11 Å². The highest BCUT2D eigenvalue weighted by atomic mass is 16.4. The van der Waals surface area contributed by atoms with Crippen molar-refractivity contribution in [1.29, 1.82) is 0 Å². The summed E-state index contributed by atoms with van der Waals surface area (Å²) < 4.78 is 1.91. The molecule has 4 N–H and O–H groups in total. The van der Waals surface area contributed by atoms with Gasteiger partial charge in [0.05, 0.1) is 20.6 Å². The first-order chi connectivity index (χ1) is 13.5. The Kier molecular flexibility index (Phi) is 19.6. The molecule has 0 saturated carbocycles. The number of nitrogens with two attached hydrogens (primary N) is 1. The van der Waals surface area contributed by atoms with Crippen LogP contribution in [0.25, 0.3) is 0 Å². The van der Waals surface area contributed by atoms with E-state index >= 15 is 0 Å². The van der Waals surface area contributed by atoms with Crippen LogP contribution in [-0.4, -0.2) is 42.3 Å². The molecule has 0 aliphatic carbocycles. The van der Waals surface area contributed by atoms with Crippen molar-refractivity contribution in [1.82, 2.24) is 5.32 Å². The van der Waals surface area contributed by atoms with Crippen molar-refractivity contribution in [2.24, 2.45) is 5.73 Å². The van der Waals surface area contributed by atoms with Gasteiger partial charge in [-0.1, -0.05) is 96.3 Å². The summed E-state index contributed by atoms with van der Waals surface area (Å²) in [4.78, 5) is 10.4. The van der Waals surface area contributed by atoms with Crippen molar-refractivity contribution >= 4 is 11.9 Å². The minimum atomic E-state index is -0.659. The maximum absolute atomic E-state index is 10.4. The number of hydrogen-bond donors (Lipinski definition) is 3. The molecule has 5 nitrogen and oxygen atoms in total. The van der Waals surface area contributed by atoms with Gasteiger partial charge in [-0.25, -0.2) is 0 Å². The topological polar surface area (TPSA) is 78.4 Å². The molecule has 28 heavy (non-hydrogen) atoms. The first kappa shape index (κ1) is 26.7. The largest absolute Gasteiger partial charge is 0.481 e. The van der Waals surface area contributed by atoms with Gasteiger partial charge in [-0.3, -0.25) is 20.4 Å². The van der Waals surface area contributed by atoms with Crippen LogP contribution in [0.3, 0.4) is 0 Å². The van der Waals surface area contributed by atoms with E-state index in [1.807, 2.05) is 18.7 Å². The lowest BCUT2D eigenvalue weighted by atomic mass is 10.0. The molecule has 0 amide bonds. The van der Waals surface area contributed by atoms with E-state index in [0.29, 0.717) is 6.42 Å². The van der Waals surface area contributed by atoms with E-state index in [1.54, 1.807) is 0 Å². The molecule has 0 spiro atoms. The summed E-state index contributed by atoms with van der Waals surface area (Å²) >= 11 is 0. The average molecular weight is 399 g/mol. The molecule has 0 fully saturated rings. The Labute approximate surface area is 174 Å². The maximum Gasteiger partial charge on any atom is 0.342 e. The molecule has 0 radical (unpaired) electrons. The van der Waals surface area contributed by atoms with Crippen LogP contribution in [-0.2, 0) is 4.79 Å². The standard InChI is InChI=1S/C23H47N3O2/c1-26(2)23(24)25-21-19-17-15-13-11-9-7-5-3-4-6-8-10-12-14-16-18-20-22(27)28/h3-21H2,1-2H3,(H3,24,25,27,28)/p+1. The van der Waals surface area contributed by atoms with Crippen LogP contribution in [0.2, 0.25) is 0 Å². The summed E-state index contributed by atoms with van der Waals surface area (Å²) in [7, 11) is 3.91. The molecule has 0 bridgehead atoms. The third-order valence-electron chi connectivity index (χ3n) is 5.36. The van der Waals surface area contributed by atoms with Gasteiger partial charge in [0, 0.05) is 6.42 Å². The predicted molar refractivity (Wildman–Crippen MR) is 120 cm³/mol. The van der Waals surface area contributed by atoms with Gasteiger partial charge in [-0.15, -0.1) is 0 Å². The second-order valence-corrected chi connectivity index (χ2v) is 8.36. The predicted octanol–water partition coefficient (Wildman–Crippen LogP) is 5.27. The van der Waals surface area contributed by atoms with Gasteiger partial charge in [0.1, 0.15) is 0 Å². The monoisotopic (exact) mass is 398 g/mol. The summed E-state index contributed by atoms with van der Waals surface area (Å²) in [5.41, 5.74) is 5.82. The molecule has 166 valence electrons. The van der Waals surface area contributed by atoms with Crippen molar-refractivity contribution in [3.8, 4) is 0 Å². The van der Waals surface area contributed by atoms with Crippen molar-refractivity contribution in [3.63, 3.8) is 0 Å². The average Bonchev–Trinajstić information content (AvgIpc) is 2.65. The van der Waals surface area contributed by atoms with Crippen molar-refractivity contribution in [3.05, 3.63) is 0 Å². The van der Waals surface area contributed by atoms with Crippen LogP contribution in [0, 0.1) is 0 Å². The second-order valence-electron chi connectivity index (χ2n) is 8.36. The molecule has 0 aliphatic heterocycles.